The molecule has 0 amide bonds. The van der Waals surface area contributed by atoms with Gasteiger partial charge in [0.25, 0.3) is 0 Å². The van der Waals surface area contributed by atoms with Gasteiger partial charge < -0.3 is 4.42 Å². The number of nitrogens with zero attached hydrogens (tertiary/aromatic N) is 1. The highest BCUT2D eigenvalue weighted by molar-refractivity contribution is 7.98. The zero-order chi connectivity index (χ0) is 11.4. The number of furan rings is 1. The van der Waals surface area contributed by atoms with E-state index in [4.69, 9.17) is 4.42 Å². The Morgan fingerprint density at radius 1 is 1.38 bits per heavy atom. The zero-order valence-corrected chi connectivity index (χ0v) is 10.4. The van der Waals surface area contributed by atoms with Gasteiger partial charge in [-0.2, -0.15) is 0 Å². The van der Waals surface area contributed by atoms with Crippen LogP contribution in [-0.4, -0.2) is 4.98 Å². The first-order valence-electron chi connectivity index (χ1n) is 5.41. The maximum atomic E-state index is 5.32. The molecule has 0 saturated carbocycles. The van der Waals surface area contributed by atoms with Crippen LogP contribution in [0.2, 0.25) is 0 Å². The third-order valence-electron chi connectivity index (χ3n) is 2.54. The first kappa shape index (κ1) is 11.3. The van der Waals surface area contributed by atoms with Crippen molar-refractivity contribution in [2.75, 3.05) is 0 Å². The summed E-state index contributed by atoms with van der Waals surface area (Å²) >= 11 is 1.80. The number of aromatic nitrogens is 1. The Labute approximate surface area is 100 Å². The fourth-order valence-electron chi connectivity index (χ4n) is 1.62. The highest BCUT2D eigenvalue weighted by atomic mass is 32.2. The summed E-state index contributed by atoms with van der Waals surface area (Å²) in [6.45, 7) is 4.27. The van der Waals surface area contributed by atoms with Crippen LogP contribution in [0.4, 0.5) is 0 Å². The van der Waals surface area contributed by atoms with Gasteiger partial charge >= 0.3 is 0 Å². The molecule has 0 radical (unpaired) electrons. The molecule has 16 heavy (non-hydrogen) atoms. The first-order chi connectivity index (χ1) is 7.81. The monoisotopic (exact) mass is 233 g/mol. The smallest absolute Gasteiger partial charge is 0.113 e. The number of hydrogen-bond acceptors (Lipinski definition) is 3. The molecular weight excluding hydrogens is 218 g/mol. The third kappa shape index (κ3) is 2.47. The Morgan fingerprint density at radius 2 is 2.25 bits per heavy atom. The molecule has 0 aliphatic heterocycles. The van der Waals surface area contributed by atoms with E-state index in [0.717, 1.165) is 17.9 Å². The van der Waals surface area contributed by atoms with Crippen LogP contribution >= 0.6 is 11.8 Å². The molecule has 2 aromatic rings. The van der Waals surface area contributed by atoms with Gasteiger partial charge in [0.05, 0.1) is 12.0 Å². The Balaban J connectivity index is 2.09. The summed E-state index contributed by atoms with van der Waals surface area (Å²) in [5.74, 6) is 1.89. The van der Waals surface area contributed by atoms with Crippen molar-refractivity contribution in [2.24, 2.45) is 0 Å². The van der Waals surface area contributed by atoms with Crippen molar-refractivity contribution in [1.82, 2.24) is 4.98 Å². The molecule has 0 N–H and O–H groups in total. The van der Waals surface area contributed by atoms with Crippen molar-refractivity contribution in [3.63, 3.8) is 0 Å². The number of aryl methyl sites for hydroxylation is 1. The number of pyridine rings is 1. The first-order valence-corrected chi connectivity index (χ1v) is 6.39. The molecule has 2 rings (SSSR count). The van der Waals surface area contributed by atoms with E-state index in [-0.39, 0.29) is 0 Å². The molecule has 0 aliphatic rings. The Bertz CT molecular complexity index is 451. The standard InChI is InChI=1S/C13H15NOS/c1-3-12-10(2)13(6-7-14-12)16-9-11-5-4-8-15-11/h4-8H,3,9H2,1-2H3. The lowest BCUT2D eigenvalue weighted by Crippen LogP contribution is -1.93. The number of thioether (sulfide) groups is 1. The fraction of sp³-hybridized carbons (Fsp3) is 0.308. The van der Waals surface area contributed by atoms with Crippen LogP contribution in [0, 0.1) is 6.92 Å². The molecule has 0 aromatic carbocycles. The maximum Gasteiger partial charge on any atom is 0.113 e. The van der Waals surface area contributed by atoms with E-state index in [1.807, 2.05) is 18.3 Å². The fourth-order valence-corrected chi connectivity index (χ4v) is 2.57. The van der Waals surface area contributed by atoms with Crippen molar-refractivity contribution in [1.29, 1.82) is 0 Å². The van der Waals surface area contributed by atoms with Crippen molar-refractivity contribution >= 4 is 11.8 Å². The van der Waals surface area contributed by atoms with Gasteiger partial charge in [-0.15, -0.1) is 11.8 Å². The maximum absolute atomic E-state index is 5.32. The normalized spacial score (nSPS) is 10.6. The molecule has 0 aliphatic carbocycles. The molecule has 84 valence electrons. The second-order valence-electron chi connectivity index (χ2n) is 3.60. The van der Waals surface area contributed by atoms with Crippen LogP contribution in [0.1, 0.15) is 23.9 Å². The van der Waals surface area contributed by atoms with E-state index < -0.39 is 0 Å². The lowest BCUT2D eigenvalue weighted by molar-refractivity contribution is 0.530. The van der Waals surface area contributed by atoms with Crippen LogP contribution in [0.3, 0.4) is 0 Å². The van der Waals surface area contributed by atoms with Crippen LogP contribution in [0.25, 0.3) is 0 Å². The summed E-state index contributed by atoms with van der Waals surface area (Å²) in [4.78, 5) is 5.66. The van der Waals surface area contributed by atoms with Gasteiger partial charge in [-0.25, -0.2) is 0 Å². The molecule has 0 spiro atoms. The van der Waals surface area contributed by atoms with E-state index in [0.29, 0.717) is 0 Å². The van der Waals surface area contributed by atoms with Crippen LogP contribution in [0.5, 0.6) is 0 Å². The van der Waals surface area contributed by atoms with E-state index >= 15 is 0 Å². The van der Waals surface area contributed by atoms with E-state index in [9.17, 15) is 0 Å². The Kier molecular flexibility index (Phi) is 3.67. The average molecular weight is 233 g/mol. The van der Waals surface area contributed by atoms with Gasteiger partial charge in [0.2, 0.25) is 0 Å². The SMILES string of the molecule is CCc1nccc(SCc2ccco2)c1C. The molecule has 0 unspecified atom stereocenters. The predicted octanol–water partition coefficient (Wildman–Crippen LogP) is 3.84. The molecule has 0 atom stereocenters. The second-order valence-corrected chi connectivity index (χ2v) is 4.62. The minimum absolute atomic E-state index is 0.876. The Hall–Kier alpha value is -1.22. The van der Waals surface area contributed by atoms with Crippen molar-refractivity contribution in [3.05, 3.63) is 47.7 Å². The molecule has 0 saturated heterocycles. The van der Waals surface area contributed by atoms with Crippen molar-refractivity contribution in [3.8, 4) is 0 Å². The summed E-state index contributed by atoms with van der Waals surface area (Å²) in [7, 11) is 0. The molecular formula is C13H15NOS. The van der Waals surface area contributed by atoms with Gasteiger partial charge in [0.1, 0.15) is 5.76 Å². The summed E-state index contributed by atoms with van der Waals surface area (Å²) in [6, 6.07) is 6.00. The highest BCUT2D eigenvalue weighted by Crippen LogP contribution is 2.27. The molecule has 0 fully saturated rings. The molecule has 0 bridgehead atoms. The highest BCUT2D eigenvalue weighted by Gasteiger charge is 2.05. The summed E-state index contributed by atoms with van der Waals surface area (Å²) in [5, 5.41) is 0. The molecule has 2 aromatic heterocycles. The Morgan fingerprint density at radius 3 is 2.94 bits per heavy atom. The summed E-state index contributed by atoms with van der Waals surface area (Å²) < 4.78 is 5.32. The van der Waals surface area contributed by atoms with Crippen LogP contribution in [-0.2, 0) is 12.2 Å². The van der Waals surface area contributed by atoms with Crippen molar-refractivity contribution in [2.45, 2.75) is 30.9 Å². The van der Waals surface area contributed by atoms with Crippen LogP contribution in [0.15, 0.2) is 40.0 Å². The minimum atomic E-state index is 0.876. The van der Waals surface area contributed by atoms with E-state index in [1.165, 1.54) is 16.2 Å². The minimum Gasteiger partial charge on any atom is -0.468 e. The number of hydrogen-bond donors (Lipinski definition) is 0. The van der Waals surface area contributed by atoms with Gasteiger partial charge in [-0.3, -0.25) is 4.98 Å². The number of rotatable bonds is 4. The lowest BCUT2D eigenvalue weighted by Gasteiger charge is -2.07. The average Bonchev–Trinajstić information content (AvgIpc) is 2.81. The topological polar surface area (TPSA) is 26.0 Å². The summed E-state index contributed by atoms with van der Waals surface area (Å²) in [6.07, 6.45) is 4.59. The second kappa shape index (κ2) is 5.21. The van der Waals surface area contributed by atoms with Gasteiger partial charge in [-0.1, -0.05) is 6.92 Å². The molecule has 2 heterocycles. The van der Waals surface area contributed by atoms with E-state index in [2.05, 4.69) is 24.9 Å². The van der Waals surface area contributed by atoms with Gasteiger partial charge in [-0.05, 0) is 37.1 Å². The van der Waals surface area contributed by atoms with Gasteiger partial charge in [0.15, 0.2) is 0 Å². The van der Waals surface area contributed by atoms with Crippen LogP contribution < -0.4 is 0 Å². The largest absolute Gasteiger partial charge is 0.468 e. The lowest BCUT2D eigenvalue weighted by atomic mass is 10.2. The third-order valence-corrected chi connectivity index (χ3v) is 3.73. The van der Waals surface area contributed by atoms with Gasteiger partial charge in [0, 0.05) is 16.8 Å². The molecule has 2 nitrogen and oxygen atoms in total. The zero-order valence-electron chi connectivity index (χ0n) is 9.56. The van der Waals surface area contributed by atoms with E-state index in [1.54, 1.807) is 18.0 Å². The summed E-state index contributed by atoms with van der Waals surface area (Å²) in [5.41, 5.74) is 2.48. The molecule has 3 heteroatoms. The predicted molar refractivity (Wildman–Crippen MR) is 66.6 cm³/mol. The van der Waals surface area contributed by atoms with Crippen molar-refractivity contribution < 1.29 is 4.42 Å². The quantitative estimate of drug-likeness (QED) is 0.750.